The van der Waals surface area contributed by atoms with Gasteiger partial charge in [-0.05, 0) is 31.3 Å². The van der Waals surface area contributed by atoms with Crippen molar-refractivity contribution >= 4 is 14.0 Å². The van der Waals surface area contributed by atoms with Crippen molar-refractivity contribution in [3.8, 4) is 5.75 Å². The third-order valence-electron chi connectivity index (χ3n) is 2.50. The lowest BCUT2D eigenvalue weighted by Crippen LogP contribution is -2.32. The molecule has 1 atom stereocenters. The lowest BCUT2D eigenvalue weighted by atomic mass is 10.0. The standard InChI is InChI=1S/C12H19NO2Si/c1-16(2,3)15-11-6-4-5-9-7-10(14)8-13-12(9)11/h4-6,10,13-14H,7-8H2,1-3H3. The molecule has 1 aromatic carbocycles. The monoisotopic (exact) mass is 237 g/mol. The second-order valence-electron chi connectivity index (χ2n) is 5.24. The van der Waals surface area contributed by atoms with Crippen LogP contribution < -0.4 is 9.74 Å². The summed E-state index contributed by atoms with van der Waals surface area (Å²) in [6.07, 6.45) is 0.431. The predicted molar refractivity (Wildman–Crippen MR) is 68.6 cm³/mol. The number of nitrogens with one attached hydrogen (secondary N) is 1. The number of fused-ring (bicyclic) bond motifs is 1. The molecular formula is C12H19NO2Si. The summed E-state index contributed by atoms with van der Waals surface area (Å²) in [5, 5.41) is 12.8. The lowest BCUT2D eigenvalue weighted by Gasteiger charge is -2.28. The summed E-state index contributed by atoms with van der Waals surface area (Å²) in [5.41, 5.74) is 2.21. The number of hydrogen-bond acceptors (Lipinski definition) is 3. The van der Waals surface area contributed by atoms with Crippen molar-refractivity contribution in [2.24, 2.45) is 0 Å². The smallest absolute Gasteiger partial charge is 0.242 e. The Bertz CT molecular complexity index is 387. The zero-order valence-electron chi connectivity index (χ0n) is 10.1. The van der Waals surface area contributed by atoms with Crippen LogP contribution in [0.15, 0.2) is 18.2 Å². The van der Waals surface area contributed by atoms with Crippen LogP contribution in [0, 0.1) is 0 Å². The summed E-state index contributed by atoms with van der Waals surface area (Å²) in [7, 11) is -1.58. The Kier molecular flexibility index (Phi) is 2.95. The van der Waals surface area contributed by atoms with Crippen LogP contribution in [-0.4, -0.2) is 26.1 Å². The molecule has 0 saturated heterocycles. The molecule has 0 amide bonds. The number of para-hydroxylation sites is 1. The van der Waals surface area contributed by atoms with E-state index in [2.05, 4.69) is 25.0 Å². The molecule has 2 rings (SSSR count). The molecule has 0 fully saturated rings. The van der Waals surface area contributed by atoms with Crippen LogP contribution in [0.1, 0.15) is 5.56 Å². The first-order valence-electron chi connectivity index (χ1n) is 5.68. The number of aliphatic hydroxyl groups excluding tert-OH is 1. The maximum atomic E-state index is 9.58. The van der Waals surface area contributed by atoms with Crippen LogP contribution >= 0.6 is 0 Å². The first-order valence-corrected chi connectivity index (χ1v) is 9.09. The minimum atomic E-state index is -1.58. The van der Waals surface area contributed by atoms with Crippen LogP contribution in [-0.2, 0) is 6.42 Å². The zero-order valence-corrected chi connectivity index (χ0v) is 11.1. The minimum absolute atomic E-state index is 0.283. The van der Waals surface area contributed by atoms with Crippen molar-refractivity contribution in [2.45, 2.75) is 32.2 Å². The summed E-state index contributed by atoms with van der Waals surface area (Å²) < 4.78 is 6.03. The first-order chi connectivity index (χ1) is 7.46. The van der Waals surface area contributed by atoms with Crippen LogP contribution in [0.2, 0.25) is 19.6 Å². The van der Waals surface area contributed by atoms with Gasteiger partial charge in [-0.2, -0.15) is 0 Å². The van der Waals surface area contributed by atoms with E-state index in [-0.39, 0.29) is 6.10 Å². The number of aliphatic hydroxyl groups is 1. The molecule has 0 bridgehead atoms. The average Bonchev–Trinajstić information content (AvgIpc) is 2.15. The van der Waals surface area contributed by atoms with Crippen molar-refractivity contribution < 1.29 is 9.53 Å². The highest BCUT2D eigenvalue weighted by Gasteiger charge is 2.22. The largest absolute Gasteiger partial charge is 0.543 e. The van der Waals surface area contributed by atoms with Gasteiger partial charge in [0, 0.05) is 13.0 Å². The molecule has 16 heavy (non-hydrogen) atoms. The highest BCUT2D eigenvalue weighted by atomic mass is 28.4. The molecule has 3 nitrogen and oxygen atoms in total. The Morgan fingerprint density at radius 3 is 2.81 bits per heavy atom. The molecule has 2 N–H and O–H groups in total. The molecule has 1 aliphatic heterocycles. The second kappa shape index (κ2) is 4.11. The van der Waals surface area contributed by atoms with E-state index >= 15 is 0 Å². The van der Waals surface area contributed by atoms with Crippen LogP contribution in [0.25, 0.3) is 0 Å². The van der Waals surface area contributed by atoms with Crippen LogP contribution in [0.3, 0.4) is 0 Å². The van der Waals surface area contributed by atoms with Gasteiger partial charge in [0.15, 0.2) is 0 Å². The Balaban J connectivity index is 2.30. The van der Waals surface area contributed by atoms with E-state index in [1.54, 1.807) is 0 Å². The van der Waals surface area contributed by atoms with Gasteiger partial charge in [0.05, 0.1) is 11.8 Å². The fourth-order valence-electron chi connectivity index (χ4n) is 1.91. The van der Waals surface area contributed by atoms with E-state index in [0.29, 0.717) is 13.0 Å². The number of anilines is 1. The van der Waals surface area contributed by atoms with Crippen molar-refractivity contribution in [3.63, 3.8) is 0 Å². The van der Waals surface area contributed by atoms with Gasteiger partial charge in [-0.1, -0.05) is 12.1 Å². The van der Waals surface area contributed by atoms with Gasteiger partial charge in [-0.15, -0.1) is 0 Å². The fraction of sp³-hybridized carbons (Fsp3) is 0.500. The van der Waals surface area contributed by atoms with E-state index in [9.17, 15) is 5.11 Å². The zero-order chi connectivity index (χ0) is 11.8. The van der Waals surface area contributed by atoms with E-state index in [1.165, 1.54) is 0 Å². The molecule has 1 aliphatic rings. The van der Waals surface area contributed by atoms with Gasteiger partial charge in [-0.3, -0.25) is 0 Å². The van der Waals surface area contributed by atoms with Gasteiger partial charge in [-0.25, -0.2) is 0 Å². The molecule has 0 aliphatic carbocycles. The second-order valence-corrected chi connectivity index (χ2v) is 9.67. The summed E-state index contributed by atoms with van der Waals surface area (Å²) in [6.45, 7) is 7.12. The van der Waals surface area contributed by atoms with E-state index in [1.807, 2.05) is 18.2 Å². The molecule has 0 radical (unpaired) electrons. The molecule has 1 unspecified atom stereocenters. The highest BCUT2D eigenvalue weighted by Crippen LogP contribution is 2.33. The highest BCUT2D eigenvalue weighted by molar-refractivity contribution is 6.70. The molecule has 1 heterocycles. The van der Waals surface area contributed by atoms with Gasteiger partial charge < -0.3 is 14.8 Å². The number of rotatable bonds is 2. The SMILES string of the molecule is C[Si](C)(C)Oc1cccc2c1NCC(O)C2. The van der Waals surface area contributed by atoms with Crippen molar-refractivity contribution in [1.29, 1.82) is 0 Å². The van der Waals surface area contributed by atoms with E-state index in [4.69, 9.17) is 4.43 Å². The third-order valence-corrected chi connectivity index (χ3v) is 3.33. The Morgan fingerprint density at radius 1 is 1.38 bits per heavy atom. The molecule has 4 heteroatoms. The number of β-amino-alcohol motifs (C(OH)–C–C–N with tert-alkyl or cyclic N) is 1. The predicted octanol–water partition coefficient (Wildman–Crippen LogP) is 2.23. The van der Waals surface area contributed by atoms with Gasteiger partial charge in [0.2, 0.25) is 8.32 Å². The molecular weight excluding hydrogens is 218 g/mol. The van der Waals surface area contributed by atoms with Gasteiger partial charge in [0.1, 0.15) is 5.75 Å². The van der Waals surface area contributed by atoms with E-state index in [0.717, 1.165) is 17.0 Å². The summed E-state index contributed by atoms with van der Waals surface area (Å²) in [5.74, 6) is 0.934. The molecule has 0 aromatic heterocycles. The molecule has 1 aromatic rings. The van der Waals surface area contributed by atoms with Crippen molar-refractivity contribution in [1.82, 2.24) is 0 Å². The summed E-state index contributed by atoms with van der Waals surface area (Å²) in [4.78, 5) is 0. The minimum Gasteiger partial charge on any atom is -0.543 e. The number of hydrogen-bond donors (Lipinski definition) is 2. The maximum Gasteiger partial charge on any atom is 0.242 e. The Hall–Kier alpha value is -1.00. The summed E-state index contributed by atoms with van der Waals surface area (Å²) in [6, 6.07) is 6.04. The van der Waals surface area contributed by atoms with Crippen molar-refractivity contribution in [2.75, 3.05) is 11.9 Å². The summed E-state index contributed by atoms with van der Waals surface area (Å²) >= 11 is 0. The first kappa shape index (κ1) is 11.5. The maximum absolute atomic E-state index is 9.58. The van der Waals surface area contributed by atoms with Crippen LogP contribution in [0.5, 0.6) is 5.75 Å². The number of benzene rings is 1. The fourth-order valence-corrected chi connectivity index (χ4v) is 2.74. The normalized spacial score (nSPS) is 19.9. The molecule has 88 valence electrons. The average molecular weight is 237 g/mol. The lowest BCUT2D eigenvalue weighted by molar-refractivity contribution is 0.184. The molecule has 0 spiro atoms. The quantitative estimate of drug-likeness (QED) is 0.775. The Morgan fingerprint density at radius 2 is 2.12 bits per heavy atom. The van der Waals surface area contributed by atoms with Crippen LogP contribution in [0.4, 0.5) is 5.69 Å². The van der Waals surface area contributed by atoms with Gasteiger partial charge >= 0.3 is 0 Å². The van der Waals surface area contributed by atoms with Crippen molar-refractivity contribution in [3.05, 3.63) is 23.8 Å². The Labute approximate surface area is 97.6 Å². The van der Waals surface area contributed by atoms with E-state index < -0.39 is 8.32 Å². The molecule has 0 saturated carbocycles. The topological polar surface area (TPSA) is 41.5 Å². The third kappa shape index (κ3) is 2.57. The van der Waals surface area contributed by atoms with Gasteiger partial charge in [0.25, 0.3) is 0 Å².